The number of carbonyl (C=O) groups excluding carboxylic acids is 1. The Kier molecular flexibility index (Phi) is 1.80. The molecule has 2 rings (SSSR count). The Morgan fingerprint density at radius 1 is 1.69 bits per heavy atom. The van der Waals surface area contributed by atoms with E-state index in [0.29, 0.717) is 24.5 Å². The quantitative estimate of drug-likeness (QED) is 0.691. The van der Waals surface area contributed by atoms with Crippen molar-refractivity contribution in [3.63, 3.8) is 0 Å². The van der Waals surface area contributed by atoms with Gasteiger partial charge in [-0.1, -0.05) is 0 Å². The Bertz CT molecular complexity index is 342. The van der Waals surface area contributed by atoms with Crippen LogP contribution < -0.4 is 5.01 Å². The van der Waals surface area contributed by atoms with Crippen molar-refractivity contribution in [1.29, 1.82) is 0 Å². The highest BCUT2D eigenvalue weighted by Gasteiger charge is 2.19. The van der Waals surface area contributed by atoms with Crippen LogP contribution in [0.25, 0.3) is 0 Å². The fraction of sp³-hybridized carbons (Fsp3) is 0.429. The van der Waals surface area contributed by atoms with E-state index in [1.165, 1.54) is 6.92 Å². The van der Waals surface area contributed by atoms with Gasteiger partial charge in [0.25, 0.3) is 0 Å². The van der Waals surface area contributed by atoms with Gasteiger partial charge in [0.05, 0.1) is 6.20 Å². The predicted molar refractivity (Wildman–Crippen MR) is 46.5 cm³/mol. The molecule has 6 heteroatoms. The van der Waals surface area contributed by atoms with Crippen molar-refractivity contribution in [2.24, 2.45) is 5.10 Å². The molecule has 0 bridgehead atoms. The van der Waals surface area contributed by atoms with E-state index in [1.807, 2.05) is 0 Å². The van der Waals surface area contributed by atoms with Crippen LogP contribution in [0.15, 0.2) is 11.3 Å². The van der Waals surface area contributed by atoms with Gasteiger partial charge >= 0.3 is 0 Å². The lowest BCUT2D eigenvalue weighted by Crippen LogP contribution is -2.11. The topological polar surface area (TPSA) is 74.2 Å². The normalized spacial score (nSPS) is 16.1. The number of hydrogen-bond acceptors (Lipinski definition) is 5. The molecule has 0 unspecified atom stereocenters. The van der Waals surface area contributed by atoms with E-state index in [0.717, 1.165) is 0 Å². The summed E-state index contributed by atoms with van der Waals surface area (Å²) in [4.78, 5) is 11.0. The average Bonchev–Trinajstić information content (AvgIpc) is 2.75. The molecule has 0 aliphatic carbocycles. The zero-order chi connectivity index (χ0) is 9.26. The number of rotatable bonds is 2. The van der Waals surface area contributed by atoms with Crippen LogP contribution in [0.3, 0.4) is 0 Å². The molecule has 0 fully saturated rings. The number of hydrogen-bond donors (Lipinski definition) is 1. The molecule has 0 amide bonds. The molecular weight excluding hydrogens is 170 g/mol. The molecule has 0 aromatic carbocycles. The molecule has 0 radical (unpaired) electrons. The van der Waals surface area contributed by atoms with E-state index in [1.54, 1.807) is 11.2 Å². The lowest BCUT2D eigenvalue weighted by molar-refractivity contribution is -0.111. The van der Waals surface area contributed by atoms with E-state index in [4.69, 9.17) is 0 Å². The highest BCUT2D eigenvalue weighted by molar-refractivity contribution is 6.39. The van der Waals surface area contributed by atoms with Crippen LogP contribution in [0.5, 0.6) is 0 Å². The molecule has 1 aliphatic rings. The van der Waals surface area contributed by atoms with Gasteiger partial charge in [-0.15, -0.1) is 5.10 Å². The fourth-order valence-electron chi connectivity index (χ4n) is 1.19. The van der Waals surface area contributed by atoms with Crippen molar-refractivity contribution in [2.75, 3.05) is 11.6 Å². The van der Waals surface area contributed by atoms with Crippen molar-refractivity contribution < 1.29 is 4.79 Å². The molecule has 2 heterocycles. The number of aromatic amines is 1. The number of nitrogens with one attached hydrogen (secondary N) is 1. The standard InChI is InChI=1S/C7H9N5O/c1-5(13)6-2-3-12(10-6)7-4-8-11-9-7/h4H,2-3H2,1H3,(H,8,9,11). The monoisotopic (exact) mass is 179 g/mol. The van der Waals surface area contributed by atoms with Crippen molar-refractivity contribution in [3.05, 3.63) is 6.20 Å². The largest absolute Gasteiger partial charge is 0.293 e. The molecule has 1 aromatic rings. The summed E-state index contributed by atoms with van der Waals surface area (Å²) in [5.74, 6) is 0.669. The number of ketones is 1. The fourth-order valence-corrected chi connectivity index (χ4v) is 1.19. The van der Waals surface area contributed by atoms with Crippen LogP contribution in [0, 0.1) is 0 Å². The third-order valence-electron chi connectivity index (χ3n) is 1.87. The maximum absolute atomic E-state index is 11.0. The smallest absolute Gasteiger partial charge is 0.191 e. The molecule has 68 valence electrons. The molecule has 0 spiro atoms. The van der Waals surface area contributed by atoms with E-state index < -0.39 is 0 Å². The number of hydrazone groups is 1. The Labute approximate surface area is 74.6 Å². The second-order valence-electron chi connectivity index (χ2n) is 2.80. The third-order valence-corrected chi connectivity index (χ3v) is 1.87. The van der Waals surface area contributed by atoms with Crippen LogP contribution in [-0.2, 0) is 4.79 Å². The Morgan fingerprint density at radius 3 is 3.08 bits per heavy atom. The van der Waals surface area contributed by atoms with Crippen LogP contribution in [0.4, 0.5) is 5.82 Å². The number of Topliss-reactive ketones (excluding diaryl/α,β-unsaturated/α-hetero) is 1. The van der Waals surface area contributed by atoms with Crippen molar-refractivity contribution >= 4 is 17.3 Å². The van der Waals surface area contributed by atoms with Crippen molar-refractivity contribution in [3.8, 4) is 0 Å². The summed E-state index contributed by atoms with van der Waals surface area (Å²) in [6.07, 6.45) is 2.26. The van der Waals surface area contributed by atoms with E-state index in [9.17, 15) is 4.79 Å². The summed E-state index contributed by atoms with van der Waals surface area (Å²) < 4.78 is 0. The van der Waals surface area contributed by atoms with Crippen LogP contribution >= 0.6 is 0 Å². The van der Waals surface area contributed by atoms with E-state index in [-0.39, 0.29) is 5.78 Å². The summed E-state index contributed by atoms with van der Waals surface area (Å²) in [6, 6.07) is 0. The Balaban J connectivity index is 2.18. The van der Waals surface area contributed by atoms with E-state index >= 15 is 0 Å². The molecule has 1 N–H and O–H groups in total. The average molecular weight is 179 g/mol. The maximum Gasteiger partial charge on any atom is 0.191 e. The summed E-state index contributed by atoms with van der Waals surface area (Å²) in [7, 11) is 0. The minimum Gasteiger partial charge on any atom is -0.293 e. The molecule has 13 heavy (non-hydrogen) atoms. The van der Waals surface area contributed by atoms with Gasteiger partial charge in [-0.25, -0.2) is 5.01 Å². The second kappa shape index (κ2) is 2.96. The lowest BCUT2D eigenvalue weighted by Gasteiger charge is -2.06. The SMILES string of the molecule is CC(=O)C1=NN(c2cn[nH]n2)CC1. The Hall–Kier alpha value is -1.72. The molecule has 0 saturated heterocycles. The van der Waals surface area contributed by atoms with Gasteiger partial charge in [0.15, 0.2) is 11.6 Å². The van der Waals surface area contributed by atoms with Crippen LogP contribution in [0.2, 0.25) is 0 Å². The molecule has 0 saturated carbocycles. The van der Waals surface area contributed by atoms with Gasteiger partial charge in [-0.05, 0) is 0 Å². The number of aromatic nitrogens is 3. The van der Waals surface area contributed by atoms with Gasteiger partial charge in [0, 0.05) is 19.9 Å². The minimum atomic E-state index is 0.0194. The molecule has 6 nitrogen and oxygen atoms in total. The summed E-state index contributed by atoms with van der Waals surface area (Å²) in [6.45, 7) is 2.21. The lowest BCUT2D eigenvalue weighted by atomic mass is 10.2. The van der Waals surface area contributed by atoms with Gasteiger partial charge in [-0.2, -0.15) is 15.4 Å². The predicted octanol–water partition coefficient (Wildman–Crippen LogP) is -0.0402. The first-order valence-corrected chi connectivity index (χ1v) is 3.99. The first kappa shape index (κ1) is 7.90. The summed E-state index contributed by atoms with van der Waals surface area (Å²) in [5.41, 5.74) is 0.600. The van der Waals surface area contributed by atoms with Crippen LogP contribution in [0.1, 0.15) is 13.3 Å². The zero-order valence-electron chi connectivity index (χ0n) is 7.19. The minimum absolute atomic E-state index is 0.0194. The van der Waals surface area contributed by atoms with E-state index in [2.05, 4.69) is 20.5 Å². The molecular formula is C7H9N5O. The number of carbonyl (C=O) groups is 1. The molecule has 1 aliphatic heterocycles. The third kappa shape index (κ3) is 1.42. The van der Waals surface area contributed by atoms with Gasteiger partial charge < -0.3 is 0 Å². The molecule has 0 atom stereocenters. The second-order valence-corrected chi connectivity index (χ2v) is 2.80. The number of nitrogens with zero attached hydrogens (tertiary/aromatic N) is 4. The van der Waals surface area contributed by atoms with Crippen molar-refractivity contribution in [2.45, 2.75) is 13.3 Å². The van der Waals surface area contributed by atoms with Gasteiger partial charge in [0.1, 0.15) is 5.71 Å². The maximum atomic E-state index is 11.0. The van der Waals surface area contributed by atoms with Gasteiger partial charge in [-0.3, -0.25) is 4.79 Å². The highest BCUT2D eigenvalue weighted by atomic mass is 16.1. The number of anilines is 1. The highest BCUT2D eigenvalue weighted by Crippen LogP contribution is 2.14. The van der Waals surface area contributed by atoms with Crippen LogP contribution in [-0.4, -0.2) is 33.5 Å². The molecule has 1 aromatic heterocycles. The van der Waals surface area contributed by atoms with Gasteiger partial charge in [0.2, 0.25) is 0 Å². The van der Waals surface area contributed by atoms with Crippen molar-refractivity contribution in [1.82, 2.24) is 15.4 Å². The zero-order valence-corrected chi connectivity index (χ0v) is 7.19. The number of H-pyrrole nitrogens is 1. The Morgan fingerprint density at radius 2 is 2.54 bits per heavy atom. The first-order chi connectivity index (χ1) is 6.27. The summed E-state index contributed by atoms with van der Waals surface area (Å²) in [5, 5.41) is 15.8. The summed E-state index contributed by atoms with van der Waals surface area (Å²) >= 11 is 0. The first-order valence-electron chi connectivity index (χ1n) is 3.99.